The van der Waals surface area contributed by atoms with E-state index in [-0.39, 0.29) is 25.2 Å². The fourth-order valence-electron chi connectivity index (χ4n) is 2.58. The molecule has 2 N–H and O–H groups in total. The molecule has 0 aliphatic carbocycles. The second kappa shape index (κ2) is 8.44. The maximum atomic E-state index is 12.2. The summed E-state index contributed by atoms with van der Waals surface area (Å²) in [6.07, 6.45) is -0.298. The predicted molar refractivity (Wildman–Crippen MR) is 99.9 cm³/mol. The van der Waals surface area contributed by atoms with Crippen molar-refractivity contribution in [3.05, 3.63) is 48.0 Å². The molecule has 0 saturated heterocycles. The first kappa shape index (κ1) is 18.6. The molecule has 7 nitrogen and oxygen atoms in total. The topological polar surface area (TPSA) is 85.9 Å². The van der Waals surface area contributed by atoms with Gasteiger partial charge in [0, 0.05) is 6.54 Å². The maximum Gasteiger partial charge on any atom is 0.233 e. The van der Waals surface area contributed by atoms with Gasteiger partial charge in [-0.25, -0.2) is 0 Å². The van der Waals surface area contributed by atoms with Gasteiger partial charge in [-0.05, 0) is 43.7 Å². The molecule has 0 bridgehead atoms. The van der Waals surface area contributed by atoms with Crippen molar-refractivity contribution in [3.63, 3.8) is 0 Å². The molecule has 0 aromatic heterocycles. The Morgan fingerprint density at radius 2 is 1.85 bits per heavy atom. The number of fused-ring (bicyclic) bond motifs is 1. The Kier molecular flexibility index (Phi) is 5.80. The van der Waals surface area contributed by atoms with Gasteiger partial charge in [0.05, 0.1) is 11.8 Å². The van der Waals surface area contributed by atoms with Crippen LogP contribution in [-0.4, -0.2) is 24.7 Å². The van der Waals surface area contributed by atoms with E-state index in [1.807, 2.05) is 32.0 Å². The zero-order valence-electron chi connectivity index (χ0n) is 15.3. The number of rotatable bonds is 7. The highest BCUT2D eigenvalue weighted by molar-refractivity contribution is 6.04. The van der Waals surface area contributed by atoms with Gasteiger partial charge in [-0.15, -0.1) is 0 Å². The zero-order valence-corrected chi connectivity index (χ0v) is 15.3. The molecular weight excluding hydrogens is 348 g/mol. The molecule has 7 heteroatoms. The van der Waals surface area contributed by atoms with Gasteiger partial charge >= 0.3 is 0 Å². The average Bonchev–Trinajstić information content (AvgIpc) is 3.09. The smallest absolute Gasteiger partial charge is 0.233 e. The third kappa shape index (κ3) is 5.13. The van der Waals surface area contributed by atoms with E-state index in [9.17, 15) is 9.59 Å². The minimum absolute atomic E-state index is 0.0203. The van der Waals surface area contributed by atoms with E-state index in [1.165, 1.54) is 0 Å². The van der Waals surface area contributed by atoms with Crippen LogP contribution in [0.15, 0.2) is 42.5 Å². The molecule has 2 aromatic carbocycles. The molecule has 3 rings (SSSR count). The molecule has 2 amide bonds. The predicted octanol–water partition coefficient (Wildman–Crippen LogP) is 2.85. The number of anilines is 1. The van der Waals surface area contributed by atoms with Crippen molar-refractivity contribution in [3.8, 4) is 17.2 Å². The highest BCUT2D eigenvalue weighted by atomic mass is 16.7. The largest absolute Gasteiger partial charge is 0.489 e. The summed E-state index contributed by atoms with van der Waals surface area (Å²) in [6.45, 7) is 4.31. The molecule has 1 aliphatic rings. The van der Waals surface area contributed by atoms with Crippen molar-refractivity contribution in [2.24, 2.45) is 0 Å². The summed E-state index contributed by atoms with van der Waals surface area (Å²) >= 11 is 0. The van der Waals surface area contributed by atoms with Crippen LogP contribution in [0.5, 0.6) is 17.2 Å². The lowest BCUT2D eigenvalue weighted by Gasteiger charge is -2.14. The van der Waals surface area contributed by atoms with Crippen LogP contribution >= 0.6 is 0 Å². The first-order valence-electron chi connectivity index (χ1n) is 8.72. The van der Waals surface area contributed by atoms with Crippen LogP contribution < -0.4 is 24.8 Å². The van der Waals surface area contributed by atoms with Crippen LogP contribution in [0.25, 0.3) is 0 Å². The fourth-order valence-corrected chi connectivity index (χ4v) is 2.58. The Balaban J connectivity index is 1.50. The Morgan fingerprint density at radius 3 is 2.67 bits per heavy atom. The van der Waals surface area contributed by atoms with Gasteiger partial charge in [0.1, 0.15) is 12.2 Å². The highest BCUT2D eigenvalue weighted by Gasteiger charge is 2.15. The Hall–Kier alpha value is -3.22. The van der Waals surface area contributed by atoms with Gasteiger partial charge < -0.3 is 24.8 Å². The molecule has 1 heterocycles. The van der Waals surface area contributed by atoms with Gasteiger partial charge in [-0.3, -0.25) is 9.59 Å². The lowest BCUT2D eigenvalue weighted by molar-refractivity contribution is -0.126. The lowest BCUT2D eigenvalue weighted by atomic mass is 10.2. The first-order chi connectivity index (χ1) is 13.0. The van der Waals surface area contributed by atoms with Gasteiger partial charge in [0.2, 0.25) is 18.6 Å². The number of carbonyl (C=O) groups excluding carboxylic acids is 2. The van der Waals surface area contributed by atoms with Crippen molar-refractivity contribution < 1.29 is 23.8 Å². The molecular formula is C20H22N2O5. The third-order valence-corrected chi connectivity index (χ3v) is 3.77. The minimum atomic E-state index is -0.405. The van der Waals surface area contributed by atoms with Crippen LogP contribution in [0.1, 0.15) is 25.8 Å². The average molecular weight is 370 g/mol. The highest BCUT2D eigenvalue weighted by Crippen LogP contribution is 2.32. The van der Waals surface area contributed by atoms with Crippen molar-refractivity contribution in [2.75, 3.05) is 12.1 Å². The summed E-state index contributed by atoms with van der Waals surface area (Å²) in [6, 6.07) is 12.6. The van der Waals surface area contributed by atoms with E-state index < -0.39 is 5.91 Å². The summed E-state index contributed by atoms with van der Waals surface area (Å²) in [5, 5.41) is 5.44. The van der Waals surface area contributed by atoms with Crippen molar-refractivity contribution >= 4 is 17.5 Å². The number of amides is 2. The summed E-state index contributed by atoms with van der Waals surface area (Å²) < 4.78 is 16.2. The molecule has 1 aliphatic heterocycles. The minimum Gasteiger partial charge on any atom is -0.489 e. The van der Waals surface area contributed by atoms with E-state index in [4.69, 9.17) is 14.2 Å². The standard InChI is InChI=1S/C20H22N2O5/c1-13(2)27-16-6-4-3-5-15(16)22-20(24)10-19(23)21-11-14-7-8-17-18(9-14)26-12-25-17/h3-9,13H,10-12H2,1-2H3,(H,21,23)(H,22,24). The number of nitrogens with one attached hydrogen (secondary N) is 2. The first-order valence-corrected chi connectivity index (χ1v) is 8.72. The van der Waals surface area contributed by atoms with Gasteiger partial charge in [-0.2, -0.15) is 0 Å². The molecule has 0 spiro atoms. The van der Waals surface area contributed by atoms with Crippen LogP contribution in [0, 0.1) is 0 Å². The SMILES string of the molecule is CC(C)Oc1ccccc1NC(=O)CC(=O)NCc1ccc2c(c1)OCO2. The Morgan fingerprint density at radius 1 is 1.07 bits per heavy atom. The van der Waals surface area contributed by atoms with Crippen molar-refractivity contribution in [2.45, 2.75) is 32.9 Å². The maximum absolute atomic E-state index is 12.2. The fraction of sp³-hybridized carbons (Fsp3) is 0.300. The second-order valence-corrected chi connectivity index (χ2v) is 6.35. The monoisotopic (exact) mass is 370 g/mol. The number of hydrogen-bond acceptors (Lipinski definition) is 5. The van der Waals surface area contributed by atoms with Crippen molar-refractivity contribution in [1.29, 1.82) is 0 Å². The van der Waals surface area contributed by atoms with Crippen molar-refractivity contribution in [1.82, 2.24) is 5.32 Å². The number of carbonyl (C=O) groups is 2. The molecule has 0 unspecified atom stereocenters. The summed E-state index contributed by atoms with van der Waals surface area (Å²) in [4.78, 5) is 24.2. The molecule has 2 aromatic rings. The Labute approximate surface area is 157 Å². The van der Waals surface area contributed by atoms with E-state index >= 15 is 0 Å². The van der Waals surface area contributed by atoms with Crippen LogP contribution in [0.4, 0.5) is 5.69 Å². The quantitative estimate of drug-likeness (QED) is 0.732. The second-order valence-electron chi connectivity index (χ2n) is 6.35. The molecule has 0 fully saturated rings. The molecule has 0 atom stereocenters. The van der Waals surface area contributed by atoms with Gasteiger partial charge in [0.15, 0.2) is 11.5 Å². The van der Waals surface area contributed by atoms with Crippen LogP contribution in [0.2, 0.25) is 0 Å². The molecule has 142 valence electrons. The number of hydrogen-bond donors (Lipinski definition) is 2. The van der Waals surface area contributed by atoms with E-state index in [0.717, 1.165) is 5.56 Å². The third-order valence-electron chi connectivity index (χ3n) is 3.77. The van der Waals surface area contributed by atoms with Crippen LogP contribution in [-0.2, 0) is 16.1 Å². The molecule has 27 heavy (non-hydrogen) atoms. The lowest BCUT2D eigenvalue weighted by Crippen LogP contribution is -2.27. The number of ether oxygens (including phenoxy) is 3. The number of para-hydroxylation sites is 2. The summed E-state index contributed by atoms with van der Waals surface area (Å²) in [5.74, 6) is 1.14. The van der Waals surface area contributed by atoms with E-state index in [0.29, 0.717) is 29.5 Å². The van der Waals surface area contributed by atoms with Gasteiger partial charge in [-0.1, -0.05) is 18.2 Å². The van der Waals surface area contributed by atoms with E-state index in [2.05, 4.69) is 10.6 Å². The number of benzene rings is 2. The van der Waals surface area contributed by atoms with Gasteiger partial charge in [0.25, 0.3) is 0 Å². The van der Waals surface area contributed by atoms with E-state index in [1.54, 1.807) is 24.3 Å². The summed E-state index contributed by atoms with van der Waals surface area (Å²) in [7, 11) is 0. The molecule has 0 saturated carbocycles. The Bertz CT molecular complexity index is 835. The van der Waals surface area contributed by atoms with Crippen LogP contribution in [0.3, 0.4) is 0 Å². The normalized spacial score (nSPS) is 12.0. The molecule has 0 radical (unpaired) electrons. The zero-order chi connectivity index (χ0) is 19.2. The summed E-state index contributed by atoms with van der Waals surface area (Å²) in [5.41, 5.74) is 1.41.